The molecule has 2 aliphatic heterocycles. The zero-order valence-electron chi connectivity index (χ0n) is 10.7. The van der Waals surface area contributed by atoms with E-state index < -0.39 is 0 Å². The highest BCUT2D eigenvalue weighted by Crippen LogP contribution is 2.19. The number of hydrogen-bond acceptors (Lipinski definition) is 3. The van der Waals surface area contributed by atoms with E-state index in [1.807, 2.05) is 0 Å². The number of nitrogens with zero attached hydrogens (tertiary/aromatic N) is 1. The third kappa shape index (κ3) is 3.44. The molecule has 2 heterocycles. The van der Waals surface area contributed by atoms with Crippen LogP contribution in [0, 0.1) is 5.92 Å². The lowest BCUT2D eigenvalue weighted by atomic mass is 9.92. The van der Waals surface area contributed by atoms with Gasteiger partial charge in [0.15, 0.2) is 0 Å². The molecule has 3 atom stereocenters. The van der Waals surface area contributed by atoms with Gasteiger partial charge in [-0.15, -0.1) is 0 Å². The zero-order chi connectivity index (χ0) is 11.4. The minimum Gasteiger partial charge on any atom is -0.377 e. The van der Waals surface area contributed by atoms with E-state index in [-0.39, 0.29) is 0 Å². The largest absolute Gasteiger partial charge is 0.377 e. The van der Waals surface area contributed by atoms with Crippen molar-refractivity contribution in [3.8, 4) is 0 Å². The highest BCUT2D eigenvalue weighted by atomic mass is 16.5. The maximum absolute atomic E-state index is 5.64. The summed E-state index contributed by atoms with van der Waals surface area (Å²) in [5, 5.41) is 3.66. The van der Waals surface area contributed by atoms with E-state index in [0.717, 1.165) is 19.1 Å². The van der Waals surface area contributed by atoms with Gasteiger partial charge >= 0.3 is 0 Å². The van der Waals surface area contributed by atoms with Crippen LogP contribution in [-0.4, -0.2) is 50.3 Å². The fourth-order valence-electron chi connectivity index (χ4n) is 2.90. The molecule has 0 amide bonds. The van der Waals surface area contributed by atoms with E-state index >= 15 is 0 Å². The topological polar surface area (TPSA) is 24.5 Å². The number of hydrogen-bond donors (Lipinski definition) is 1. The summed E-state index contributed by atoms with van der Waals surface area (Å²) in [6, 6.07) is 0.631. The van der Waals surface area contributed by atoms with E-state index in [1.165, 1.54) is 38.8 Å². The lowest BCUT2D eigenvalue weighted by Crippen LogP contribution is -2.44. The molecule has 0 aromatic carbocycles. The van der Waals surface area contributed by atoms with Gasteiger partial charge in [0.1, 0.15) is 0 Å². The van der Waals surface area contributed by atoms with Gasteiger partial charge in [-0.3, -0.25) is 0 Å². The van der Waals surface area contributed by atoms with Crippen molar-refractivity contribution in [2.45, 2.75) is 44.8 Å². The van der Waals surface area contributed by atoms with Crippen LogP contribution in [0.2, 0.25) is 0 Å². The van der Waals surface area contributed by atoms with Crippen LogP contribution in [0.25, 0.3) is 0 Å². The number of nitrogens with one attached hydrogen (secondary N) is 1. The third-order valence-electron chi connectivity index (χ3n) is 4.06. The maximum atomic E-state index is 5.64. The molecule has 0 aliphatic carbocycles. The van der Waals surface area contributed by atoms with Crippen molar-refractivity contribution >= 4 is 0 Å². The van der Waals surface area contributed by atoms with Crippen LogP contribution in [-0.2, 0) is 4.74 Å². The number of rotatable bonds is 4. The van der Waals surface area contributed by atoms with Crippen molar-refractivity contribution in [2.75, 3.05) is 33.3 Å². The van der Waals surface area contributed by atoms with Gasteiger partial charge in [-0.2, -0.15) is 0 Å². The Labute approximate surface area is 99.5 Å². The van der Waals surface area contributed by atoms with Crippen LogP contribution < -0.4 is 5.32 Å². The van der Waals surface area contributed by atoms with Gasteiger partial charge in [0, 0.05) is 25.7 Å². The van der Waals surface area contributed by atoms with Crippen molar-refractivity contribution < 1.29 is 4.74 Å². The molecule has 2 rings (SSSR count). The van der Waals surface area contributed by atoms with Crippen LogP contribution in [0.1, 0.15) is 32.6 Å². The molecule has 2 fully saturated rings. The van der Waals surface area contributed by atoms with Crippen LogP contribution in [0.4, 0.5) is 0 Å². The van der Waals surface area contributed by atoms with Gasteiger partial charge in [-0.25, -0.2) is 0 Å². The summed E-state index contributed by atoms with van der Waals surface area (Å²) in [5.74, 6) is 0.820. The Morgan fingerprint density at radius 3 is 2.94 bits per heavy atom. The Morgan fingerprint density at radius 2 is 2.25 bits per heavy atom. The molecule has 2 aliphatic rings. The summed E-state index contributed by atoms with van der Waals surface area (Å²) in [5.41, 5.74) is 0. The lowest BCUT2D eigenvalue weighted by Gasteiger charge is -2.34. The first-order valence-electron chi connectivity index (χ1n) is 6.79. The van der Waals surface area contributed by atoms with Crippen LogP contribution >= 0.6 is 0 Å². The quantitative estimate of drug-likeness (QED) is 0.786. The maximum Gasteiger partial charge on any atom is 0.0700 e. The normalized spacial score (nSPS) is 34.1. The van der Waals surface area contributed by atoms with E-state index in [2.05, 4.69) is 24.2 Å². The molecule has 1 N–H and O–H groups in total. The summed E-state index contributed by atoms with van der Waals surface area (Å²) in [4.78, 5) is 2.46. The molecular weight excluding hydrogens is 200 g/mol. The first-order chi connectivity index (χ1) is 7.75. The van der Waals surface area contributed by atoms with Gasteiger partial charge in [-0.1, -0.05) is 0 Å². The summed E-state index contributed by atoms with van der Waals surface area (Å²) >= 11 is 0. The van der Waals surface area contributed by atoms with Crippen molar-refractivity contribution in [3.63, 3.8) is 0 Å². The molecule has 3 nitrogen and oxygen atoms in total. The molecule has 3 unspecified atom stereocenters. The third-order valence-corrected chi connectivity index (χ3v) is 4.06. The van der Waals surface area contributed by atoms with E-state index in [9.17, 15) is 0 Å². The molecule has 2 saturated heterocycles. The first-order valence-corrected chi connectivity index (χ1v) is 6.79. The second kappa shape index (κ2) is 5.99. The summed E-state index contributed by atoms with van der Waals surface area (Å²) in [6.07, 6.45) is 5.69. The van der Waals surface area contributed by atoms with Gasteiger partial charge in [0.05, 0.1) is 6.10 Å². The smallest absolute Gasteiger partial charge is 0.0700 e. The van der Waals surface area contributed by atoms with Crippen LogP contribution in [0.15, 0.2) is 0 Å². The second-order valence-corrected chi connectivity index (χ2v) is 5.50. The average Bonchev–Trinajstić information content (AvgIpc) is 2.78. The van der Waals surface area contributed by atoms with Crippen molar-refractivity contribution in [3.05, 3.63) is 0 Å². The second-order valence-electron chi connectivity index (χ2n) is 5.50. The molecule has 16 heavy (non-hydrogen) atoms. The minimum atomic E-state index is 0.476. The fourth-order valence-corrected chi connectivity index (χ4v) is 2.90. The highest BCUT2D eigenvalue weighted by molar-refractivity contribution is 4.80. The van der Waals surface area contributed by atoms with Crippen molar-refractivity contribution in [2.24, 2.45) is 5.92 Å². The molecule has 0 aromatic rings. The molecular formula is C13H26N2O. The van der Waals surface area contributed by atoms with Gasteiger partial charge in [0.25, 0.3) is 0 Å². The minimum absolute atomic E-state index is 0.476. The fraction of sp³-hybridized carbons (Fsp3) is 1.00. The van der Waals surface area contributed by atoms with Gasteiger partial charge in [0.2, 0.25) is 0 Å². The average molecular weight is 226 g/mol. The predicted octanol–water partition coefficient (Wildman–Crippen LogP) is 1.49. The molecule has 94 valence electrons. The Kier molecular flexibility index (Phi) is 4.62. The van der Waals surface area contributed by atoms with Crippen LogP contribution in [0.3, 0.4) is 0 Å². The first kappa shape index (κ1) is 12.3. The van der Waals surface area contributed by atoms with Gasteiger partial charge in [-0.05, 0) is 52.1 Å². The molecule has 0 bridgehead atoms. The van der Waals surface area contributed by atoms with Crippen molar-refractivity contribution in [1.82, 2.24) is 10.2 Å². The number of ether oxygens (including phenoxy) is 1. The SMILES string of the molecule is CC(NCC1CCCO1)C1CCCN(C)C1. The van der Waals surface area contributed by atoms with E-state index in [1.54, 1.807) is 0 Å². The monoisotopic (exact) mass is 226 g/mol. The van der Waals surface area contributed by atoms with E-state index in [0.29, 0.717) is 12.1 Å². The molecule has 0 saturated carbocycles. The summed E-state index contributed by atoms with van der Waals surface area (Å²) < 4.78 is 5.64. The lowest BCUT2D eigenvalue weighted by molar-refractivity contribution is 0.101. The Balaban J connectivity index is 1.67. The predicted molar refractivity (Wildman–Crippen MR) is 66.7 cm³/mol. The number of piperidine rings is 1. The number of likely N-dealkylation sites (tertiary alicyclic amines) is 1. The highest BCUT2D eigenvalue weighted by Gasteiger charge is 2.23. The Bertz CT molecular complexity index is 204. The summed E-state index contributed by atoms with van der Waals surface area (Å²) in [6.45, 7) is 6.86. The van der Waals surface area contributed by atoms with E-state index in [4.69, 9.17) is 4.74 Å². The Hall–Kier alpha value is -0.120. The van der Waals surface area contributed by atoms with Crippen molar-refractivity contribution in [1.29, 1.82) is 0 Å². The molecule has 0 aromatic heterocycles. The zero-order valence-corrected chi connectivity index (χ0v) is 10.7. The molecule has 0 spiro atoms. The summed E-state index contributed by atoms with van der Waals surface area (Å²) in [7, 11) is 2.24. The van der Waals surface area contributed by atoms with Gasteiger partial charge < -0.3 is 15.0 Å². The molecule has 0 radical (unpaired) electrons. The standard InChI is InChI=1S/C13H26N2O/c1-11(12-5-3-7-15(2)10-12)14-9-13-6-4-8-16-13/h11-14H,3-10H2,1-2H3. The molecule has 3 heteroatoms. The Morgan fingerprint density at radius 1 is 1.38 bits per heavy atom. The van der Waals surface area contributed by atoms with Crippen LogP contribution in [0.5, 0.6) is 0 Å².